The molecule has 0 fully saturated rings. The highest BCUT2D eigenvalue weighted by atomic mass is 19.1. The number of aromatic carboxylic acids is 1. The van der Waals surface area contributed by atoms with Crippen molar-refractivity contribution < 1.29 is 28.6 Å². The van der Waals surface area contributed by atoms with Crippen LogP contribution in [-0.2, 0) is 9.53 Å². The number of nitrogens with one attached hydrogen (secondary N) is 2. The number of rotatable bonds is 7. The van der Waals surface area contributed by atoms with Crippen LogP contribution >= 0.6 is 0 Å². The summed E-state index contributed by atoms with van der Waals surface area (Å²) in [7, 11) is 0. The van der Waals surface area contributed by atoms with Gasteiger partial charge in [0.05, 0.1) is 5.69 Å². The SMILES string of the molecule is CC(C)[C@@H](NC(=O)OCC1c2ccccc2-c2ccccc21)C(=O)Nc1cccc(F)c1C(=O)O. The highest BCUT2D eigenvalue weighted by molar-refractivity contribution is 6.03. The van der Waals surface area contributed by atoms with Gasteiger partial charge < -0.3 is 20.5 Å². The van der Waals surface area contributed by atoms with E-state index in [0.717, 1.165) is 28.3 Å². The molecule has 3 N–H and O–H groups in total. The van der Waals surface area contributed by atoms with Crippen molar-refractivity contribution in [2.45, 2.75) is 25.8 Å². The molecule has 180 valence electrons. The number of carbonyl (C=O) groups is 3. The van der Waals surface area contributed by atoms with Gasteiger partial charge in [-0.05, 0) is 40.3 Å². The summed E-state index contributed by atoms with van der Waals surface area (Å²) in [5.41, 5.74) is 3.48. The highest BCUT2D eigenvalue weighted by Gasteiger charge is 2.31. The van der Waals surface area contributed by atoms with E-state index < -0.39 is 35.4 Å². The number of fused-ring (bicyclic) bond motifs is 3. The van der Waals surface area contributed by atoms with E-state index in [4.69, 9.17) is 4.74 Å². The molecule has 1 atom stereocenters. The zero-order valence-electron chi connectivity index (χ0n) is 19.2. The van der Waals surface area contributed by atoms with E-state index in [2.05, 4.69) is 10.6 Å². The standard InChI is InChI=1S/C27H25FN2O5/c1-15(2)24(25(31)29-22-13-7-12-21(28)23(22)26(32)33)30-27(34)35-14-20-18-10-5-3-8-16(18)17-9-4-6-11-19(17)20/h3-13,15,20,24H,14H2,1-2H3,(H,29,31)(H,30,34)(H,32,33)/t24-/m1/s1. The predicted molar refractivity (Wildman–Crippen MR) is 129 cm³/mol. The van der Waals surface area contributed by atoms with Crippen LogP contribution in [0, 0.1) is 11.7 Å². The number of carbonyl (C=O) groups excluding carboxylic acids is 2. The predicted octanol–water partition coefficient (Wildman–Crippen LogP) is 5.03. The number of hydrogen-bond donors (Lipinski definition) is 3. The summed E-state index contributed by atoms with van der Waals surface area (Å²) in [4.78, 5) is 36.9. The van der Waals surface area contributed by atoms with Crippen LogP contribution in [0.2, 0.25) is 0 Å². The van der Waals surface area contributed by atoms with Gasteiger partial charge in [-0.2, -0.15) is 0 Å². The number of anilines is 1. The van der Waals surface area contributed by atoms with Crippen molar-refractivity contribution >= 4 is 23.7 Å². The minimum Gasteiger partial charge on any atom is -0.478 e. The van der Waals surface area contributed by atoms with Gasteiger partial charge in [0.2, 0.25) is 5.91 Å². The number of hydrogen-bond acceptors (Lipinski definition) is 4. The molecule has 0 saturated heterocycles. The summed E-state index contributed by atoms with van der Waals surface area (Å²) in [6, 6.07) is 18.4. The van der Waals surface area contributed by atoms with Crippen LogP contribution in [0.3, 0.4) is 0 Å². The van der Waals surface area contributed by atoms with Crippen LogP contribution in [-0.4, -0.2) is 35.7 Å². The maximum atomic E-state index is 14.0. The molecular formula is C27H25FN2O5. The van der Waals surface area contributed by atoms with Crippen LogP contribution in [0.4, 0.5) is 14.9 Å². The molecule has 0 bridgehead atoms. The zero-order chi connectivity index (χ0) is 25.1. The normalized spacial score (nSPS) is 13.0. The van der Waals surface area contributed by atoms with Gasteiger partial charge >= 0.3 is 12.1 Å². The fraction of sp³-hybridized carbons (Fsp3) is 0.222. The molecule has 0 aromatic heterocycles. The van der Waals surface area contributed by atoms with E-state index in [0.29, 0.717) is 0 Å². The number of carboxylic acids is 1. The lowest BCUT2D eigenvalue weighted by molar-refractivity contribution is -0.119. The third-order valence-corrected chi connectivity index (χ3v) is 6.05. The topological polar surface area (TPSA) is 105 Å². The van der Waals surface area contributed by atoms with Crippen molar-refractivity contribution in [3.8, 4) is 11.1 Å². The maximum absolute atomic E-state index is 14.0. The van der Waals surface area contributed by atoms with Crippen molar-refractivity contribution in [3.63, 3.8) is 0 Å². The molecule has 1 aliphatic carbocycles. The van der Waals surface area contributed by atoms with E-state index >= 15 is 0 Å². The largest absolute Gasteiger partial charge is 0.478 e. The highest BCUT2D eigenvalue weighted by Crippen LogP contribution is 2.44. The Kier molecular flexibility index (Phi) is 6.82. The Morgan fingerprint density at radius 3 is 2.11 bits per heavy atom. The van der Waals surface area contributed by atoms with Gasteiger partial charge in [0.15, 0.2) is 0 Å². The van der Waals surface area contributed by atoms with E-state index in [1.54, 1.807) is 13.8 Å². The van der Waals surface area contributed by atoms with Crippen LogP contribution in [0.5, 0.6) is 0 Å². The Balaban J connectivity index is 1.45. The van der Waals surface area contributed by atoms with Crippen LogP contribution in [0.25, 0.3) is 11.1 Å². The van der Waals surface area contributed by atoms with Gasteiger partial charge in [-0.15, -0.1) is 0 Å². The number of carboxylic acid groups (broad SMARTS) is 1. The molecule has 2 amide bonds. The number of ether oxygens (including phenoxy) is 1. The second kappa shape index (κ2) is 9.97. The van der Waals surface area contributed by atoms with E-state index in [-0.39, 0.29) is 24.1 Å². The lowest BCUT2D eigenvalue weighted by Gasteiger charge is -2.22. The zero-order valence-corrected chi connectivity index (χ0v) is 19.2. The molecule has 0 heterocycles. The molecule has 8 heteroatoms. The molecule has 0 unspecified atom stereocenters. The molecular weight excluding hydrogens is 451 g/mol. The monoisotopic (exact) mass is 476 g/mol. The van der Waals surface area contributed by atoms with E-state index in [9.17, 15) is 23.9 Å². The Bertz CT molecular complexity index is 1240. The first-order valence-electron chi connectivity index (χ1n) is 11.2. The summed E-state index contributed by atoms with van der Waals surface area (Å²) >= 11 is 0. The molecule has 3 aromatic carbocycles. The molecule has 7 nitrogen and oxygen atoms in total. The first kappa shape index (κ1) is 23.9. The lowest BCUT2D eigenvalue weighted by atomic mass is 9.98. The molecule has 1 aliphatic rings. The Hall–Kier alpha value is -4.20. The third kappa shape index (κ3) is 4.87. The quantitative estimate of drug-likeness (QED) is 0.444. The smallest absolute Gasteiger partial charge is 0.407 e. The van der Waals surface area contributed by atoms with Crippen LogP contribution in [0.1, 0.15) is 41.3 Å². The summed E-state index contributed by atoms with van der Waals surface area (Å²) < 4.78 is 19.5. The average Bonchev–Trinajstić information content (AvgIpc) is 3.14. The summed E-state index contributed by atoms with van der Waals surface area (Å²) in [5.74, 6) is -3.64. The minimum absolute atomic E-state index is 0.0827. The number of alkyl carbamates (subject to hydrolysis) is 1. The van der Waals surface area contributed by atoms with Crippen molar-refractivity contribution in [2.75, 3.05) is 11.9 Å². The first-order valence-corrected chi connectivity index (χ1v) is 11.2. The molecule has 0 radical (unpaired) electrons. The van der Waals surface area contributed by atoms with E-state index in [1.807, 2.05) is 48.5 Å². The van der Waals surface area contributed by atoms with Gasteiger partial charge in [0.25, 0.3) is 0 Å². The molecule has 4 rings (SSSR count). The fourth-order valence-corrected chi connectivity index (χ4v) is 4.36. The second-order valence-electron chi connectivity index (χ2n) is 8.65. The van der Waals surface area contributed by atoms with Crippen molar-refractivity contribution in [1.82, 2.24) is 5.32 Å². The summed E-state index contributed by atoms with van der Waals surface area (Å²) in [6.45, 7) is 3.52. The number of halogens is 1. The van der Waals surface area contributed by atoms with Gasteiger partial charge in [-0.25, -0.2) is 14.0 Å². The minimum atomic E-state index is -1.51. The van der Waals surface area contributed by atoms with Crippen LogP contribution in [0.15, 0.2) is 66.7 Å². The molecule has 0 saturated carbocycles. The van der Waals surface area contributed by atoms with Gasteiger partial charge in [0, 0.05) is 5.92 Å². The summed E-state index contributed by atoms with van der Waals surface area (Å²) in [5, 5.41) is 14.3. The van der Waals surface area contributed by atoms with Gasteiger partial charge in [-0.1, -0.05) is 68.4 Å². The molecule has 0 spiro atoms. The molecule has 35 heavy (non-hydrogen) atoms. The number of benzene rings is 3. The van der Waals surface area contributed by atoms with Crippen molar-refractivity contribution in [2.24, 2.45) is 5.92 Å². The maximum Gasteiger partial charge on any atom is 0.407 e. The van der Waals surface area contributed by atoms with Crippen LogP contribution < -0.4 is 10.6 Å². The van der Waals surface area contributed by atoms with Crippen molar-refractivity contribution in [1.29, 1.82) is 0 Å². The number of amides is 2. The Labute approximate surface area is 201 Å². The first-order chi connectivity index (χ1) is 16.8. The molecule has 0 aliphatic heterocycles. The van der Waals surface area contributed by atoms with Gasteiger partial charge in [-0.3, -0.25) is 4.79 Å². The Morgan fingerprint density at radius 1 is 0.943 bits per heavy atom. The molecule has 3 aromatic rings. The summed E-state index contributed by atoms with van der Waals surface area (Å²) in [6.07, 6.45) is -0.779. The fourth-order valence-electron chi connectivity index (χ4n) is 4.36. The Morgan fingerprint density at radius 2 is 1.54 bits per heavy atom. The lowest BCUT2D eigenvalue weighted by Crippen LogP contribution is -2.47. The van der Waals surface area contributed by atoms with E-state index in [1.165, 1.54) is 12.1 Å². The third-order valence-electron chi connectivity index (χ3n) is 6.05. The van der Waals surface area contributed by atoms with Gasteiger partial charge in [0.1, 0.15) is 24.0 Å². The second-order valence-corrected chi connectivity index (χ2v) is 8.65. The van der Waals surface area contributed by atoms with Crippen molar-refractivity contribution in [3.05, 3.63) is 89.2 Å². The average molecular weight is 477 g/mol.